The number of rotatable bonds is 6. The van der Waals surface area contributed by atoms with Gasteiger partial charge in [-0.05, 0) is 19.4 Å². The maximum Gasteiger partial charge on any atom is 0.325 e. The number of nitrogens with one attached hydrogen (secondary N) is 1. The number of nitrogens with zero attached hydrogens (tertiary/aromatic N) is 2. The topological polar surface area (TPSA) is 79.0 Å². The highest BCUT2D eigenvalue weighted by Gasteiger charge is 2.33. The molecule has 1 aliphatic heterocycles. The first-order valence-corrected chi connectivity index (χ1v) is 7.17. The number of hydrogen-bond acceptors (Lipinski definition) is 5. The Bertz CT molecular complexity index is 398. The Morgan fingerprint density at radius 3 is 2.62 bits per heavy atom. The average molecular weight is 299 g/mol. The van der Waals surface area contributed by atoms with Gasteiger partial charge in [-0.15, -0.1) is 0 Å². The first-order chi connectivity index (χ1) is 9.85. The summed E-state index contributed by atoms with van der Waals surface area (Å²) in [5.74, 6) is -0.465. The molecule has 0 aromatic heterocycles. The first-order valence-electron chi connectivity index (χ1n) is 7.17. The van der Waals surface area contributed by atoms with E-state index in [1.54, 1.807) is 4.90 Å². The normalized spacial score (nSPS) is 19.8. The number of carbonyl (C=O) groups excluding carboxylic acids is 3. The van der Waals surface area contributed by atoms with E-state index in [9.17, 15) is 14.4 Å². The largest absolute Gasteiger partial charge is 0.468 e. The molecule has 1 unspecified atom stereocenters. The van der Waals surface area contributed by atoms with Crippen LogP contribution in [0.3, 0.4) is 0 Å². The number of piperazine rings is 1. The summed E-state index contributed by atoms with van der Waals surface area (Å²) < 4.78 is 4.45. The second kappa shape index (κ2) is 7.97. The molecule has 0 bridgehead atoms. The van der Waals surface area contributed by atoms with Gasteiger partial charge < -0.3 is 15.0 Å². The van der Waals surface area contributed by atoms with Gasteiger partial charge in [0.05, 0.1) is 19.7 Å². The van der Waals surface area contributed by atoms with Crippen molar-refractivity contribution in [3.8, 4) is 0 Å². The van der Waals surface area contributed by atoms with E-state index >= 15 is 0 Å². The van der Waals surface area contributed by atoms with E-state index in [1.807, 2.05) is 11.9 Å². The van der Waals surface area contributed by atoms with Crippen LogP contribution in [0.15, 0.2) is 0 Å². The molecular weight excluding hydrogens is 274 g/mol. The van der Waals surface area contributed by atoms with E-state index < -0.39 is 5.97 Å². The Labute approximate surface area is 125 Å². The molecule has 1 N–H and O–H groups in total. The quantitative estimate of drug-likeness (QED) is 0.667. The molecule has 0 saturated carbocycles. The minimum absolute atomic E-state index is 0.0156. The Hall–Kier alpha value is -1.63. The molecule has 1 rings (SSSR count). The fourth-order valence-corrected chi connectivity index (χ4v) is 2.30. The summed E-state index contributed by atoms with van der Waals surface area (Å²) in [6, 6.07) is -0.174. The molecule has 1 atom stereocenters. The molecule has 1 saturated heterocycles. The Morgan fingerprint density at radius 1 is 1.38 bits per heavy atom. The van der Waals surface area contributed by atoms with Gasteiger partial charge in [0.15, 0.2) is 0 Å². The maximum atomic E-state index is 12.4. The fraction of sp³-hybridized carbons (Fsp3) is 0.786. The van der Waals surface area contributed by atoms with Gasteiger partial charge in [-0.25, -0.2) is 0 Å². The van der Waals surface area contributed by atoms with Crippen molar-refractivity contribution >= 4 is 17.8 Å². The van der Waals surface area contributed by atoms with Gasteiger partial charge in [0, 0.05) is 13.1 Å². The van der Waals surface area contributed by atoms with Gasteiger partial charge in [-0.3, -0.25) is 19.3 Å². The number of amides is 2. The van der Waals surface area contributed by atoms with E-state index in [0.717, 1.165) is 13.0 Å². The van der Waals surface area contributed by atoms with Crippen LogP contribution in [0.4, 0.5) is 0 Å². The number of ether oxygens (including phenoxy) is 1. The molecule has 0 spiro atoms. The van der Waals surface area contributed by atoms with Crippen LogP contribution in [0.2, 0.25) is 0 Å². The van der Waals surface area contributed by atoms with E-state index in [4.69, 9.17) is 0 Å². The van der Waals surface area contributed by atoms with Crippen LogP contribution in [0.5, 0.6) is 0 Å². The summed E-state index contributed by atoms with van der Waals surface area (Å²) in [5.41, 5.74) is 0. The minimum Gasteiger partial charge on any atom is -0.468 e. The van der Waals surface area contributed by atoms with Gasteiger partial charge in [0.1, 0.15) is 6.54 Å². The third-order valence-electron chi connectivity index (χ3n) is 3.54. The van der Waals surface area contributed by atoms with E-state index in [1.165, 1.54) is 7.11 Å². The highest BCUT2D eigenvalue weighted by Crippen LogP contribution is 2.16. The lowest BCUT2D eigenvalue weighted by atomic mass is 10.00. The van der Waals surface area contributed by atoms with Crippen LogP contribution in [0.25, 0.3) is 0 Å². The third kappa shape index (κ3) is 5.34. The van der Waals surface area contributed by atoms with E-state index in [0.29, 0.717) is 12.5 Å². The molecule has 120 valence electrons. The predicted octanol–water partition coefficient (Wildman–Crippen LogP) is -0.536. The number of likely N-dealkylation sites (N-methyl/N-ethyl adjacent to an activating group) is 1. The summed E-state index contributed by atoms with van der Waals surface area (Å²) in [6.45, 7) is 5.22. The predicted molar refractivity (Wildman–Crippen MR) is 77.5 cm³/mol. The Kier molecular flexibility index (Phi) is 6.61. The maximum absolute atomic E-state index is 12.4. The molecule has 0 radical (unpaired) electrons. The van der Waals surface area contributed by atoms with Crippen molar-refractivity contribution in [1.82, 2.24) is 15.1 Å². The van der Waals surface area contributed by atoms with Crippen molar-refractivity contribution in [1.29, 1.82) is 0 Å². The monoisotopic (exact) mass is 299 g/mol. The van der Waals surface area contributed by atoms with Crippen LogP contribution in [-0.2, 0) is 19.1 Å². The van der Waals surface area contributed by atoms with Crippen LogP contribution in [0.1, 0.15) is 20.3 Å². The van der Waals surface area contributed by atoms with Crippen molar-refractivity contribution in [3.05, 3.63) is 0 Å². The lowest BCUT2D eigenvalue weighted by Crippen LogP contribution is -2.57. The van der Waals surface area contributed by atoms with E-state index in [-0.39, 0.29) is 30.9 Å². The minimum atomic E-state index is -0.509. The van der Waals surface area contributed by atoms with Crippen LogP contribution in [0, 0.1) is 5.92 Å². The molecule has 2 amide bonds. The summed E-state index contributed by atoms with van der Waals surface area (Å²) in [7, 11) is 3.19. The smallest absolute Gasteiger partial charge is 0.325 e. The highest BCUT2D eigenvalue weighted by atomic mass is 16.5. The molecular formula is C14H25N3O4. The molecule has 21 heavy (non-hydrogen) atoms. The van der Waals surface area contributed by atoms with Crippen molar-refractivity contribution < 1.29 is 19.1 Å². The van der Waals surface area contributed by atoms with Crippen LogP contribution < -0.4 is 5.32 Å². The zero-order valence-corrected chi connectivity index (χ0v) is 13.2. The van der Waals surface area contributed by atoms with Crippen molar-refractivity contribution in [3.63, 3.8) is 0 Å². The second-order valence-corrected chi connectivity index (χ2v) is 5.74. The summed E-state index contributed by atoms with van der Waals surface area (Å²) in [6.07, 6.45) is 0.773. The molecule has 7 nitrogen and oxygen atoms in total. The molecule has 0 aromatic carbocycles. The molecule has 1 fully saturated rings. The van der Waals surface area contributed by atoms with Crippen molar-refractivity contribution in [2.75, 3.05) is 40.3 Å². The number of methoxy groups -OCH3 is 1. The average Bonchev–Trinajstić information content (AvgIpc) is 2.43. The number of hydrogen-bond donors (Lipinski definition) is 1. The van der Waals surface area contributed by atoms with E-state index in [2.05, 4.69) is 23.9 Å². The summed E-state index contributed by atoms with van der Waals surface area (Å²) >= 11 is 0. The zero-order chi connectivity index (χ0) is 16.0. The highest BCUT2D eigenvalue weighted by molar-refractivity contribution is 5.89. The molecule has 7 heteroatoms. The standard InChI is InChI=1S/C14H25N3O4/c1-10(2)7-11-14(20)17(6-5-16(11)3)9-12(18)15-8-13(19)21-4/h10-11H,5-9H2,1-4H3,(H,15,18). The van der Waals surface area contributed by atoms with Crippen LogP contribution in [-0.4, -0.2) is 74.0 Å². The van der Waals surface area contributed by atoms with Gasteiger partial charge in [-0.2, -0.15) is 0 Å². The molecule has 1 aliphatic rings. The second-order valence-electron chi connectivity index (χ2n) is 5.74. The lowest BCUT2D eigenvalue weighted by Gasteiger charge is -2.39. The van der Waals surface area contributed by atoms with Crippen LogP contribution >= 0.6 is 0 Å². The van der Waals surface area contributed by atoms with Gasteiger partial charge in [0.2, 0.25) is 11.8 Å². The lowest BCUT2D eigenvalue weighted by molar-refractivity contribution is -0.145. The van der Waals surface area contributed by atoms with Crippen molar-refractivity contribution in [2.45, 2.75) is 26.3 Å². The van der Waals surface area contributed by atoms with Gasteiger partial charge in [-0.1, -0.05) is 13.8 Å². The van der Waals surface area contributed by atoms with Gasteiger partial charge >= 0.3 is 5.97 Å². The molecule has 0 aliphatic carbocycles. The summed E-state index contributed by atoms with van der Waals surface area (Å²) in [4.78, 5) is 38.7. The molecule has 1 heterocycles. The number of esters is 1. The molecule has 0 aromatic rings. The summed E-state index contributed by atoms with van der Waals surface area (Å²) in [5, 5.41) is 2.45. The Morgan fingerprint density at radius 2 is 2.05 bits per heavy atom. The van der Waals surface area contributed by atoms with Crippen molar-refractivity contribution in [2.24, 2.45) is 5.92 Å². The first kappa shape index (κ1) is 17.4. The zero-order valence-electron chi connectivity index (χ0n) is 13.2. The van der Waals surface area contributed by atoms with Gasteiger partial charge in [0.25, 0.3) is 0 Å². The Balaban J connectivity index is 2.53. The SMILES string of the molecule is COC(=O)CNC(=O)CN1CCN(C)C(CC(C)C)C1=O. The number of carbonyl (C=O) groups is 3. The third-order valence-corrected chi connectivity index (χ3v) is 3.54. The fourth-order valence-electron chi connectivity index (χ4n) is 2.30.